The van der Waals surface area contributed by atoms with E-state index in [4.69, 9.17) is 5.73 Å². The van der Waals surface area contributed by atoms with Crippen molar-refractivity contribution in [3.8, 4) is 11.1 Å². The van der Waals surface area contributed by atoms with Crippen molar-refractivity contribution in [2.45, 2.75) is 18.8 Å². The zero-order valence-corrected chi connectivity index (χ0v) is 9.22. The fourth-order valence-corrected chi connectivity index (χ4v) is 2.01. The van der Waals surface area contributed by atoms with Gasteiger partial charge in [0.25, 0.3) is 0 Å². The number of aryl methyl sites for hydroxylation is 1. The van der Waals surface area contributed by atoms with Crippen LogP contribution in [0.3, 0.4) is 0 Å². The van der Waals surface area contributed by atoms with Crippen molar-refractivity contribution in [2.24, 2.45) is 7.05 Å². The molecule has 0 saturated heterocycles. The highest BCUT2D eigenvalue weighted by atomic mass is 15.3. The molecule has 0 spiro atoms. The monoisotopic (exact) mass is 214 g/mol. The molecule has 1 aliphatic rings. The molecule has 4 nitrogen and oxygen atoms in total. The maximum absolute atomic E-state index is 6.07. The molecule has 82 valence electrons. The number of nitrogens with zero attached hydrogens (tertiary/aromatic N) is 3. The lowest BCUT2D eigenvalue weighted by atomic mass is 10.1. The Hall–Kier alpha value is -1.84. The number of nitrogens with two attached hydrogens (primary N) is 1. The second kappa shape index (κ2) is 3.33. The minimum Gasteiger partial charge on any atom is -0.383 e. The molecule has 2 N–H and O–H groups in total. The van der Waals surface area contributed by atoms with Gasteiger partial charge in [0.2, 0.25) is 0 Å². The van der Waals surface area contributed by atoms with Crippen LogP contribution in [-0.4, -0.2) is 14.8 Å². The van der Waals surface area contributed by atoms with Crippen LogP contribution < -0.4 is 5.73 Å². The lowest BCUT2D eigenvalue weighted by molar-refractivity contribution is 0.753. The van der Waals surface area contributed by atoms with Crippen LogP contribution in [0.25, 0.3) is 11.1 Å². The predicted molar refractivity (Wildman–Crippen MR) is 62.8 cm³/mol. The van der Waals surface area contributed by atoms with Crippen molar-refractivity contribution in [3.63, 3.8) is 0 Å². The molecule has 1 saturated carbocycles. The van der Waals surface area contributed by atoms with Crippen LogP contribution in [0.2, 0.25) is 0 Å². The van der Waals surface area contributed by atoms with Crippen LogP contribution in [-0.2, 0) is 7.05 Å². The Morgan fingerprint density at radius 1 is 1.44 bits per heavy atom. The van der Waals surface area contributed by atoms with Crippen LogP contribution in [0, 0.1) is 0 Å². The maximum Gasteiger partial charge on any atom is 0.129 e. The largest absolute Gasteiger partial charge is 0.383 e. The van der Waals surface area contributed by atoms with E-state index in [0.29, 0.717) is 5.92 Å². The van der Waals surface area contributed by atoms with E-state index in [0.717, 1.165) is 22.6 Å². The first-order chi connectivity index (χ1) is 7.77. The number of aromatic nitrogens is 3. The highest BCUT2D eigenvalue weighted by Gasteiger charge is 2.31. The summed E-state index contributed by atoms with van der Waals surface area (Å²) < 4.78 is 1.76. The smallest absolute Gasteiger partial charge is 0.129 e. The molecule has 0 atom stereocenters. The Bertz CT molecular complexity index is 511. The van der Waals surface area contributed by atoms with Crippen molar-refractivity contribution in [3.05, 3.63) is 30.2 Å². The first-order valence-corrected chi connectivity index (χ1v) is 5.50. The first kappa shape index (κ1) is 9.39. The highest BCUT2D eigenvalue weighted by molar-refractivity contribution is 5.76. The second-order valence-corrected chi connectivity index (χ2v) is 4.29. The Kier molecular flexibility index (Phi) is 1.96. The van der Waals surface area contributed by atoms with Crippen molar-refractivity contribution >= 4 is 5.82 Å². The molecule has 3 rings (SSSR count). The minimum absolute atomic E-state index is 0.596. The highest BCUT2D eigenvalue weighted by Crippen LogP contribution is 2.45. The molecule has 2 heterocycles. The summed E-state index contributed by atoms with van der Waals surface area (Å²) in [6.45, 7) is 0. The maximum atomic E-state index is 6.07. The van der Waals surface area contributed by atoms with Crippen LogP contribution in [0.1, 0.15) is 24.5 Å². The molecule has 0 amide bonds. The van der Waals surface area contributed by atoms with E-state index in [2.05, 4.69) is 10.1 Å². The third-order valence-electron chi connectivity index (χ3n) is 3.03. The number of hydrogen-bond donors (Lipinski definition) is 1. The van der Waals surface area contributed by atoms with Gasteiger partial charge in [0.1, 0.15) is 5.82 Å². The standard InChI is InChI=1S/C12H14N4/c1-16-12(13)10(9-3-2-6-14-7-9)11(15-16)8-4-5-8/h2-3,6-8H,4-5,13H2,1H3. The zero-order valence-electron chi connectivity index (χ0n) is 9.22. The number of nitrogen functional groups attached to an aromatic ring is 1. The van der Waals surface area contributed by atoms with Crippen molar-refractivity contribution in [2.75, 3.05) is 5.73 Å². The van der Waals surface area contributed by atoms with Crippen molar-refractivity contribution in [1.29, 1.82) is 0 Å². The Morgan fingerprint density at radius 2 is 2.25 bits per heavy atom. The molecular weight excluding hydrogens is 200 g/mol. The van der Waals surface area contributed by atoms with Gasteiger partial charge in [-0.15, -0.1) is 0 Å². The molecule has 1 aliphatic carbocycles. The van der Waals surface area contributed by atoms with E-state index in [9.17, 15) is 0 Å². The summed E-state index contributed by atoms with van der Waals surface area (Å²) in [4.78, 5) is 4.14. The summed E-state index contributed by atoms with van der Waals surface area (Å²) in [6, 6.07) is 3.96. The molecular formula is C12H14N4. The van der Waals surface area contributed by atoms with Crippen LogP contribution in [0.5, 0.6) is 0 Å². The molecule has 0 aromatic carbocycles. The molecule has 0 bridgehead atoms. The van der Waals surface area contributed by atoms with Gasteiger partial charge >= 0.3 is 0 Å². The topological polar surface area (TPSA) is 56.7 Å². The molecule has 4 heteroatoms. The summed E-state index contributed by atoms with van der Waals surface area (Å²) in [5.41, 5.74) is 9.34. The van der Waals surface area contributed by atoms with Crippen LogP contribution in [0.4, 0.5) is 5.82 Å². The number of pyridine rings is 1. The van der Waals surface area contributed by atoms with E-state index in [1.54, 1.807) is 10.9 Å². The summed E-state index contributed by atoms with van der Waals surface area (Å²) in [5.74, 6) is 1.33. The third-order valence-corrected chi connectivity index (χ3v) is 3.03. The van der Waals surface area contributed by atoms with Gasteiger partial charge in [0.15, 0.2) is 0 Å². The van der Waals surface area contributed by atoms with Crippen LogP contribution in [0.15, 0.2) is 24.5 Å². The average Bonchev–Trinajstić information content (AvgIpc) is 3.09. The minimum atomic E-state index is 0.596. The van der Waals surface area contributed by atoms with Crippen LogP contribution >= 0.6 is 0 Å². The van der Waals surface area contributed by atoms with Gasteiger partial charge in [-0.3, -0.25) is 9.67 Å². The predicted octanol–water partition coefficient (Wildman–Crippen LogP) is 1.94. The molecule has 16 heavy (non-hydrogen) atoms. The van der Waals surface area contributed by atoms with Crippen molar-refractivity contribution in [1.82, 2.24) is 14.8 Å². The summed E-state index contributed by atoms with van der Waals surface area (Å²) >= 11 is 0. The lowest BCUT2D eigenvalue weighted by Gasteiger charge is -2.02. The fourth-order valence-electron chi connectivity index (χ4n) is 2.01. The summed E-state index contributed by atoms with van der Waals surface area (Å²) in [6.07, 6.45) is 6.07. The van der Waals surface area contributed by atoms with E-state index in [-0.39, 0.29) is 0 Å². The van der Waals surface area contributed by atoms with Crippen molar-refractivity contribution < 1.29 is 0 Å². The van der Waals surface area contributed by atoms with Gasteiger partial charge < -0.3 is 5.73 Å². The van der Waals surface area contributed by atoms with Gasteiger partial charge in [-0.25, -0.2) is 0 Å². The molecule has 0 radical (unpaired) electrons. The lowest BCUT2D eigenvalue weighted by Crippen LogP contribution is -1.98. The quantitative estimate of drug-likeness (QED) is 0.831. The Labute approximate surface area is 94.1 Å². The van der Waals surface area contributed by atoms with Gasteiger partial charge in [-0.05, 0) is 18.9 Å². The molecule has 2 aromatic rings. The van der Waals surface area contributed by atoms with Gasteiger partial charge in [-0.2, -0.15) is 5.10 Å². The zero-order chi connectivity index (χ0) is 11.1. The van der Waals surface area contributed by atoms with Gasteiger partial charge in [-0.1, -0.05) is 6.07 Å². The third kappa shape index (κ3) is 1.38. The molecule has 0 aliphatic heterocycles. The molecule has 0 unspecified atom stereocenters. The van der Waals surface area contributed by atoms with Gasteiger partial charge in [0.05, 0.1) is 5.69 Å². The average molecular weight is 214 g/mol. The fraction of sp³-hybridized carbons (Fsp3) is 0.333. The molecule has 2 aromatic heterocycles. The van der Waals surface area contributed by atoms with E-state index < -0.39 is 0 Å². The Morgan fingerprint density at radius 3 is 2.88 bits per heavy atom. The SMILES string of the molecule is Cn1nc(C2CC2)c(-c2cccnc2)c1N. The summed E-state index contributed by atoms with van der Waals surface area (Å²) in [5, 5.41) is 4.51. The number of rotatable bonds is 2. The van der Waals surface area contributed by atoms with E-state index >= 15 is 0 Å². The normalized spacial score (nSPS) is 15.3. The van der Waals surface area contributed by atoms with E-state index in [1.165, 1.54) is 12.8 Å². The van der Waals surface area contributed by atoms with Gasteiger partial charge in [0, 0.05) is 36.5 Å². The van der Waals surface area contributed by atoms with E-state index in [1.807, 2.05) is 25.4 Å². The second-order valence-electron chi connectivity index (χ2n) is 4.29. The number of hydrogen-bond acceptors (Lipinski definition) is 3. The first-order valence-electron chi connectivity index (χ1n) is 5.50. The molecule has 1 fully saturated rings. The Balaban J connectivity index is 2.18. The summed E-state index contributed by atoms with van der Waals surface area (Å²) in [7, 11) is 1.89. The number of anilines is 1.